The first-order chi connectivity index (χ1) is 11.5. The van der Waals surface area contributed by atoms with Crippen molar-refractivity contribution in [3.63, 3.8) is 0 Å². The number of amides is 2. The second-order valence-corrected chi connectivity index (χ2v) is 5.51. The molecule has 0 atom stereocenters. The Kier molecular flexibility index (Phi) is 3.69. The number of nitriles is 1. The highest BCUT2D eigenvalue weighted by atomic mass is 16.4. The summed E-state index contributed by atoms with van der Waals surface area (Å²) in [6, 6.07) is 5.63. The van der Waals surface area contributed by atoms with E-state index in [-0.39, 0.29) is 24.2 Å². The number of carboxylic acid groups (broad SMARTS) is 1. The number of nitrogens with zero attached hydrogens (tertiary/aromatic N) is 4. The normalized spacial score (nSPS) is 13.2. The summed E-state index contributed by atoms with van der Waals surface area (Å²) in [6.07, 6.45) is 0.571. The minimum Gasteiger partial charge on any atom is -0.465 e. The molecule has 8 heteroatoms. The van der Waals surface area contributed by atoms with Crippen molar-refractivity contribution in [1.29, 1.82) is 5.26 Å². The van der Waals surface area contributed by atoms with Gasteiger partial charge in [0, 0.05) is 30.5 Å². The molecule has 0 unspecified atom stereocenters. The molecule has 2 amide bonds. The van der Waals surface area contributed by atoms with Gasteiger partial charge in [-0.25, -0.2) is 4.79 Å². The Hall–Kier alpha value is -3.34. The smallest absolute Gasteiger partial charge is 0.407 e. The number of aryl methyl sites for hydroxylation is 1. The van der Waals surface area contributed by atoms with E-state index in [1.54, 1.807) is 12.3 Å². The molecule has 3 rings (SSSR count). The molecule has 2 aromatic heterocycles. The highest BCUT2D eigenvalue weighted by Crippen LogP contribution is 2.35. The van der Waals surface area contributed by atoms with Gasteiger partial charge in [0.2, 0.25) is 0 Å². The summed E-state index contributed by atoms with van der Waals surface area (Å²) in [5.41, 5.74) is 8.19. The maximum Gasteiger partial charge on any atom is 0.407 e. The quantitative estimate of drug-likeness (QED) is 0.861. The Morgan fingerprint density at radius 2 is 2.17 bits per heavy atom. The lowest BCUT2D eigenvalue weighted by atomic mass is 10.0. The number of carbonyl (C=O) groups excluding carboxylic acids is 1. The maximum atomic E-state index is 11.9. The molecule has 0 aromatic carbocycles. The number of pyridine rings is 1. The molecule has 2 aromatic rings. The number of primary amides is 1. The molecule has 1 aliphatic heterocycles. The van der Waals surface area contributed by atoms with Gasteiger partial charge in [0.25, 0.3) is 5.91 Å². The Morgan fingerprint density at radius 3 is 2.75 bits per heavy atom. The molecule has 122 valence electrons. The highest BCUT2D eigenvalue weighted by Gasteiger charge is 2.32. The van der Waals surface area contributed by atoms with Crippen molar-refractivity contribution < 1.29 is 14.7 Å². The summed E-state index contributed by atoms with van der Waals surface area (Å²) in [5.74, 6) is -0.740. The topological polar surface area (TPSA) is 125 Å². The Labute approximate surface area is 137 Å². The molecule has 3 heterocycles. The fourth-order valence-corrected chi connectivity index (χ4v) is 3.11. The predicted octanol–water partition coefficient (Wildman–Crippen LogP) is 1.32. The van der Waals surface area contributed by atoms with Crippen LogP contribution in [0.1, 0.15) is 27.3 Å². The number of hydrogen-bond acceptors (Lipinski definition) is 4. The number of carbonyl (C=O) groups is 2. The molecule has 0 spiro atoms. The minimum atomic E-state index is -1.07. The number of hydrogen-bond donors (Lipinski definition) is 2. The zero-order valence-corrected chi connectivity index (χ0v) is 13.0. The van der Waals surface area contributed by atoms with Gasteiger partial charge in [-0.3, -0.25) is 9.78 Å². The lowest BCUT2D eigenvalue weighted by Crippen LogP contribution is -2.38. The van der Waals surface area contributed by atoms with Crippen molar-refractivity contribution in [3.05, 3.63) is 40.8 Å². The van der Waals surface area contributed by atoms with Gasteiger partial charge in [-0.05, 0) is 19.1 Å². The van der Waals surface area contributed by atoms with Gasteiger partial charge in [-0.2, -0.15) is 5.26 Å². The number of nitrogens with two attached hydrogens (primary N) is 1. The molecule has 3 N–H and O–H groups in total. The van der Waals surface area contributed by atoms with Crippen LogP contribution in [0.15, 0.2) is 18.3 Å². The van der Waals surface area contributed by atoms with Gasteiger partial charge in [0.15, 0.2) is 0 Å². The maximum absolute atomic E-state index is 11.9. The van der Waals surface area contributed by atoms with E-state index < -0.39 is 12.0 Å². The second-order valence-electron chi connectivity index (χ2n) is 5.51. The third kappa shape index (κ3) is 2.27. The first-order valence-electron chi connectivity index (χ1n) is 7.30. The molecular weight excluding hydrogens is 310 g/mol. The first kappa shape index (κ1) is 15.6. The van der Waals surface area contributed by atoms with Gasteiger partial charge >= 0.3 is 6.09 Å². The Balaban J connectivity index is 2.31. The highest BCUT2D eigenvalue weighted by molar-refractivity contribution is 5.99. The van der Waals surface area contributed by atoms with E-state index in [0.717, 1.165) is 5.56 Å². The standard InChI is InChI=1S/C16H15N5O3/c1-9-10(3-2-4-19-9)14-11(7-17)13(15(18)22)12-8-20(16(23)24)5-6-21(12)14/h2-4H,5-6,8H2,1H3,(H2,18,22)(H,23,24). The van der Waals surface area contributed by atoms with Crippen molar-refractivity contribution in [2.75, 3.05) is 6.54 Å². The van der Waals surface area contributed by atoms with Crippen LogP contribution in [0.2, 0.25) is 0 Å². The van der Waals surface area contributed by atoms with Crippen molar-refractivity contribution >= 4 is 12.0 Å². The van der Waals surface area contributed by atoms with E-state index >= 15 is 0 Å². The number of fused-ring (bicyclic) bond motifs is 1. The van der Waals surface area contributed by atoms with Crippen LogP contribution in [0.5, 0.6) is 0 Å². The average Bonchev–Trinajstić information content (AvgIpc) is 2.88. The zero-order valence-electron chi connectivity index (χ0n) is 13.0. The number of rotatable bonds is 2. The van der Waals surface area contributed by atoms with Crippen LogP contribution in [-0.4, -0.2) is 38.1 Å². The fraction of sp³-hybridized carbons (Fsp3) is 0.250. The molecule has 24 heavy (non-hydrogen) atoms. The first-order valence-corrected chi connectivity index (χ1v) is 7.30. The van der Waals surface area contributed by atoms with Crippen LogP contribution in [0.4, 0.5) is 4.79 Å². The third-order valence-electron chi connectivity index (χ3n) is 4.20. The van der Waals surface area contributed by atoms with Crippen LogP contribution in [0.25, 0.3) is 11.3 Å². The van der Waals surface area contributed by atoms with Crippen molar-refractivity contribution in [2.45, 2.75) is 20.0 Å². The van der Waals surface area contributed by atoms with Gasteiger partial charge in [0.05, 0.1) is 29.1 Å². The summed E-state index contributed by atoms with van der Waals surface area (Å²) in [4.78, 5) is 28.6. The van der Waals surface area contributed by atoms with Crippen LogP contribution < -0.4 is 5.73 Å². The van der Waals surface area contributed by atoms with Crippen molar-refractivity contribution in [3.8, 4) is 17.3 Å². The summed E-state index contributed by atoms with van der Waals surface area (Å²) in [5, 5.41) is 18.8. The van der Waals surface area contributed by atoms with Crippen molar-refractivity contribution in [2.24, 2.45) is 5.73 Å². The molecule has 0 aliphatic carbocycles. The monoisotopic (exact) mass is 325 g/mol. The van der Waals surface area contributed by atoms with Crippen LogP contribution in [-0.2, 0) is 13.1 Å². The van der Waals surface area contributed by atoms with Crippen LogP contribution in [0.3, 0.4) is 0 Å². The van der Waals surface area contributed by atoms with E-state index in [1.165, 1.54) is 4.90 Å². The van der Waals surface area contributed by atoms with E-state index in [0.29, 0.717) is 23.6 Å². The Morgan fingerprint density at radius 1 is 1.42 bits per heavy atom. The molecule has 1 aliphatic rings. The summed E-state index contributed by atoms with van der Waals surface area (Å²) in [7, 11) is 0. The SMILES string of the molecule is Cc1ncccc1-c1c(C#N)c(C(N)=O)c2n1CCN(C(=O)O)C2. The van der Waals surface area contributed by atoms with Crippen LogP contribution in [0, 0.1) is 18.3 Å². The van der Waals surface area contributed by atoms with Gasteiger partial charge in [0.1, 0.15) is 6.07 Å². The van der Waals surface area contributed by atoms with Gasteiger partial charge < -0.3 is 20.3 Å². The van der Waals surface area contributed by atoms with Crippen molar-refractivity contribution in [1.82, 2.24) is 14.5 Å². The lowest BCUT2D eigenvalue weighted by molar-refractivity contribution is 0.0993. The summed E-state index contributed by atoms with van der Waals surface area (Å²) in [6.45, 7) is 2.44. The third-order valence-corrected chi connectivity index (χ3v) is 4.20. The van der Waals surface area contributed by atoms with E-state index in [2.05, 4.69) is 11.1 Å². The van der Waals surface area contributed by atoms with E-state index in [9.17, 15) is 20.0 Å². The molecule has 0 fully saturated rings. The number of aromatic nitrogens is 2. The van der Waals surface area contributed by atoms with Gasteiger partial charge in [-0.1, -0.05) is 0 Å². The predicted molar refractivity (Wildman–Crippen MR) is 84.1 cm³/mol. The molecule has 0 bridgehead atoms. The molecular formula is C16H15N5O3. The molecule has 0 saturated carbocycles. The zero-order chi connectivity index (χ0) is 17.4. The largest absolute Gasteiger partial charge is 0.465 e. The van der Waals surface area contributed by atoms with E-state index in [1.807, 2.05) is 17.6 Å². The molecule has 8 nitrogen and oxygen atoms in total. The van der Waals surface area contributed by atoms with E-state index in [4.69, 9.17) is 5.73 Å². The minimum absolute atomic E-state index is 0.0155. The van der Waals surface area contributed by atoms with Crippen LogP contribution >= 0.6 is 0 Å². The lowest BCUT2D eigenvalue weighted by Gasteiger charge is -2.28. The fourth-order valence-electron chi connectivity index (χ4n) is 3.11. The molecule has 0 radical (unpaired) electrons. The van der Waals surface area contributed by atoms with Gasteiger partial charge in [-0.15, -0.1) is 0 Å². The molecule has 0 saturated heterocycles. The Bertz CT molecular complexity index is 894. The summed E-state index contributed by atoms with van der Waals surface area (Å²) < 4.78 is 1.81. The second kappa shape index (κ2) is 5.70. The average molecular weight is 325 g/mol. The summed E-state index contributed by atoms with van der Waals surface area (Å²) >= 11 is 0.